The van der Waals surface area contributed by atoms with E-state index in [0.717, 1.165) is 43.9 Å². The average molecular weight is 342 g/mol. The molecule has 0 radical (unpaired) electrons. The zero-order valence-electron chi connectivity index (χ0n) is 14.9. The fourth-order valence-corrected chi connectivity index (χ4v) is 3.42. The number of ether oxygens (including phenoxy) is 1. The van der Waals surface area contributed by atoms with Crippen molar-refractivity contribution in [3.05, 3.63) is 47.3 Å². The molecule has 0 bridgehead atoms. The van der Waals surface area contributed by atoms with Crippen LogP contribution in [0.5, 0.6) is 5.75 Å². The summed E-state index contributed by atoms with van der Waals surface area (Å²) in [6, 6.07) is 9.58. The number of aromatic nitrogens is 2. The highest BCUT2D eigenvalue weighted by molar-refractivity contribution is 5.92. The minimum Gasteiger partial charge on any atom is -0.494 e. The monoisotopic (exact) mass is 342 g/mol. The second-order valence-electron chi connectivity index (χ2n) is 6.71. The minimum atomic E-state index is -0.419. The highest BCUT2D eigenvalue weighted by atomic mass is 16.5. The molecule has 1 fully saturated rings. The van der Waals surface area contributed by atoms with Gasteiger partial charge in [-0.05, 0) is 57.0 Å². The third-order valence-corrected chi connectivity index (χ3v) is 4.66. The summed E-state index contributed by atoms with van der Waals surface area (Å²) in [6.07, 6.45) is 2.12. The van der Waals surface area contributed by atoms with Gasteiger partial charge in [0.25, 0.3) is 0 Å². The predicted octanol–water partition coefficient (Wildman–Crippen LogP) is 2.31. The summed E-state index contributed by atoms with van der Waals surface area (Å²) in [6.45, 7) is 8.02. The molecule has 1 aliphatic heterocycles. The topological polar surface area (TPSA) is 73.4 Å². The number of primary amides is 1. The molecule has 0 saturated carbocycles. The molecule has 2 heterocycles. The minimum absolute atomic E-state index is 0.419. The first-order valence-corrected chi connectivity index (χ1v) is 8.80. The maximum atomic E-state index is 11.0. The molecule has 1 atom stereocenters. The third kappa shape index (κ3) is 4.39. The van der Waals surface area contributed by atoms with Gasteiger partial charge in [-0.15, -0.1) is 0 Å². The summed E-state index contributed by atoms with van der Waals surface area (Å²) < 4.78 is 7.91. The number of hydrogen-bond donors (Lipinski definition) is 1. The van der Waals surface area contributed by atoms with Crippen LogP contribution in [0.4, 0.5) is 0 Å². The molecule has 6 heteroatoms. The van der Waals surface area contributed by atoms with Crippen LogP contribution in [0.15, 0.2) is 30.3 Å². The van der Waals surface area contributed by atoms with Gasteiger partial charge in [0.1, 0.15) is 5.75 Å². The van der Waals surface area contributed by atoms with Crippen molar-refractivity contribution in [2.75, 3.05) is 26.2 Å². The molecule has 2 aromatic rings. The number of nitrogens with zero attached hydrogens (tertiary/aromatic N) is 3. The quantitative estimate of drug-likeness (QED) is 0.784. The number of benzene rings is 1. The third-order valence-electron chi connectivity index (χ3n) is 4.66. The van der Waals surface area contributed by atoms with E-state index in [-0.39, 0.29) is 0 Å². The van der Waals surface area contributed by atoms with Crippen molar-refractivity contribution in [1.29, 1.82) is 0 Å². The van der Waals surface area contributed by atoms with Crippen molar-refractivity contribution in [1.82, 2.24) is 14.7 Å². The van der Waals surface area contributed by atoms with Crippen molar-refractivity contribution in [2.24, 2.45) is 5.73 Å². The Morgan fingerprint density at radius 1 is 1.32 bits per heavy atom. The van der Waals surface area contributed by atoms with E-state index in [4.69, 9.17) is 10.5 Å². The molecular formula is C19H26N4O2. The van der Waals surface area contributed by atoms with E-state index in [1.165, 1.54) is 5.69 Å². The van der Waals surface area contributed by atoms with Crippen LogP contribution in [-0.4, -0.2) is 46.8 Å². The molecule has 25 heavy (non-hydrogen) atoms. The lowest BCUT2D eigenvalue weighted by Crippen LogP contribution is -2.24. The van der Waals surface area contributed by atoms with Gasteiger partial charge in [-0.2, -0.15) is 5.10 Å². The van der Waals surface area contributed by atoms with E-state index >= 15 is 0 Å². The van der Waals surface area contributed by atoms with Gasteiger partial charge in [-0.25, -0.2) is 0 Å². The number of amides is 1. The zero-order chi connectivity index (χ0) is 17.8. The van der Waals surface area contributed by atoms with Gasteiger partial charge in [-0.3, -0.25) is 9.48 Å². The van der Waals surface area contributed by atoms with Crippen LogP contribution < -0.4 is 10.5 Å². The highest BCUT2D eigenvalue weighted by Gasteiger charge is 2.25. The maximum absolute atomic E-state index is 11.0. The van der Waals surface area contributed by atoms with E-state index in [1.54, 1.807) is 24.3 Å². The first kappa shape index (κ1) is 17.5. The molecule has 1 saturated heterocycles. The Morgan fingerprint density at radius 3 is 2.72 bits per heavy atom. The molecule has 0 spiro atoms. The van der Waals surface area contributed by atoms with Crippen molar-refractivity contribution < 1.29 is 9.53 Å². The molecule has 134 valence electrons. The summed E-state index contributed by atoms with van der Waals surface area (Å²) in [5, 5.41) is 4.61. The molecular weight excluding hydrogens is 316 g/mol. The molecule has 2 N–H and O–H groups in total. The van der Waals surface area contributed by atoms with Gasteiger partial charge in [0.15, 0.2) is 0 Å². The number of likely N-dealkylation sites (tertiary alicyclic amines) is 1. The van der Waals surface area contributed by atoms with Crippen LogP contribution in [0.3, 0.4) is 0 Å². The Hall–Kier alpha value is -2.34. The second-order valence-corrected chi connectivity index (χ2v) is 6.71. The first-order chi connectivity index (χ1) is 12.0. The Labute approximate surface area is 148 Å². The lowest BCUT2D eigenvalue weighted by molar-refractivity contribution is 0.100. The normalized spacial score (nSPS) is 17.8. The van der Waals surface area contributed by atoms with Crippen LogP contribution in [0.2, 0.25) is 0 Å². The Kier molecular flexibility index (Phi) is 5.38. The van der Waals surface area contributed by atoms with E-state index < -0.39 is 5.91 Å². The molecule has 1 aromatic heterocycles. The molecule has 3 rings (SSSR count). The predicted molar refractivity (Wildman–Crippen MR) is 96.9 cm³/mol. The van der Waals surface area contributed by atoms with Crippen LogP contribution in [0.1, 0.15) is 40.6 Å². The van der Waals surface area contributed by atoms with Gasteiger partial charge in [-0.1, -0.05) is 0 Å². The average Bonchev–Trinajstić information content (AvgIpc) is 3.18. The SMILES string of the molecule is Cc1cc(C)n([C@@H]2CCN(CCCOc3ccc(C(N)=O)cc3)C2)n1. The van der Waals surface area contributed by atoms with Crippen molar-refractivity contribution >= 4 is 5.91 Å². The summed E-state index contributed by atoms with van der Waals surface area (Å²) in [5.74, 6) is 0.352. The van der Waals surface area contributed by atoms with E-state index in [0.29, 0.717) is 18.2 Å². The van der Waals surface area contributed by atoms with Gasteiger partial charge >= 0.3 is 0 Å². The first-order valence-electron chi connectivity index (χ1n) is 8.80. The number of nitrogens with two attached hydrogens (primary N) is 1. The summed E-state index contributed by atoms with van der Waals surface area (Å²) in [4.78, 5) is 13.5. The van der Waals surface area contributed by atoms with E-state index in [1.807, 2.05) is 6.92 Å². The summed E-state index contributed by atoms with van der Waals surface area (Å²) in [5.41, 5.74) is 8.06. The molecule has 6 nitrogen and oxygen atoms in total. The highest BCUT2D eigenvalue weighted by Crippen LogP contribution is 2.23. The summed E-state index contributed by atoms with van der Waals surface area (Å²) in [7, 11) is 0. The fraction of sp³-hybridized carbons (Fsp3) is 0.474. The summed E-state index contributed by atoms with van der Waals surface area (Å²) >= 11 is 0. The maximum Gasteiger partial charge on any atom is 0.248 e. The lowest BCUT2D eigenvalue weighted by atomic mass is 10.2. The van der Waals surface area contributed by atoms with E-state index in [9.17, 15) is 4.79 Å². The number of carbonyl (C=O) groups is 1. The number of aryl methyl sites for hydroxylation is 2. The smallest absolute Gasteiger partial charge is 0.248 e. The Bertz CT molecular complexity index is 724. The van der Waals surface area contributed by atoms with Gasteiger partial charge in [0, 0.05) is 30.9 Å². The number of hydrogen-bond acceptors (Lipinski definition) is 4. The standard InChI is InChI=1S/C19H26N4O2/c1-14-12-15(2)23(21-14)17-8-10-22(13-17)9-3-11-25-18-6-4-16(5-7-18)19(20)24/h4-7,12,17H,3,8-11,13H2,1-2H3,(H2,20,24)/t17-/m1/s1. The molecule has 1 aliphatic rings. The Morgan fingerprint density at radius 2 is 2.08 bits per heavy atom. The fourth-order valence-electron chi connectivity index (χ4n) is 3.42. The zero-order valence-corrected chi connectivity index (χ0v) is 14.9. The van der Waals surface area contributed by atoms with Gasteiger partial charge in [0.05, 0.1) is 18.3 Å². The van der Waals surface area contributed by atoms with Crippen molar-refractivity contribution in [3.63, 3.8) is 0 Å². The number of rotatable bonds is 7. The molecule has 1 amide bonds. The van der Waals surface area contributed by atoms with E-state index in [2.05, 4.69) is 27.7 Å². The number of carbonyl (C=O) groups excluding carboxylic acids is 1. The van der Waals surface area contributed by atoms with Crippen LogP contribution in [0, 0.1) is 13.8 Å². The van der Waals surface area contributed by atoms with Crippen LogP contribution in [0.25, 0.3) is 0 Å². The lowest BCUT2D eigenvalue weighted by Gasteiger charge is -2.17. The molecule has 1 aromatic carbocycles. The molecule has 0 unspecified atom stereocenters. The second kappa shape index (κ2) is 7.70. The van der Waals surface area contributed by atoms with Gasteiger partial charge < -0.3 is 15.4 Å². The van der Waals surface area contributed by atoms with Crippen LogP contribution >= 0.6 is 0 Å². The molecule has 0 aliphatic carbocycles. The van der Waals surface area contributed by atoms with Crippen molar-refractivity contribution in [3.8, 4) is 5.75 Å². The largest absolute Gasteiger partial charge is 0.494 e. The van der Waals surface area contributed by atoms with Crippen molar-refractivity contribution in [2.45, 2.75) is 32.7 Å². The van der Waals surface area contributed by atoms with Crippen LogP contribution in [-0.2, 0) is 0 Å². The Balaban J connectivity index is 1.40. The van der Waals surface area contributed by atoms with Gasteiger partial charge in [0.2, 0.25) is 5.91 Å².